The normalized spacial score (nSPS) is 44.9. The van der Waals surface area contributed by atoms with Crippen LogP contribution in [-0.2, 0) is 9.53 Å². The van der Waals surface area contributed by atoms with E-state index in [-0.39, 0.29) is 41.3 Å². The van der Waals surface area contributed by atoms with Crippen LogP contribution in [-0.4, -0.2) is 58.4 Å². The van der Waals surface area contributed by atoms with Crippen molar-refractivity contribution in [2.75, 3.05) is 19.7 Å². The van der Waals surface area contributed by atoms with Gasteiger partial charge in [0.25, 0.3) is 0 Å². The van der Waals surface area contributed by atoms with Crippen molar-refractivity contribution in [3.05, 3.63) is 0 Å². The van der Waals surface area contributed by atoms with Gasteiger partial charge in [0.15, 0.2) is 0 Å². The number of hydrogen-bond acceptors (Lipinski definition) is 5. The summed E-state index contributed by atoms with van der Waals surface area (Å²) >= 11 is 0. The number of rotatable bonds is 4. The molecule has 6 heteroatoms. The van der Waals surface area contributed by atoms with Crippen LogP contribution < -0.4 is 0 Å². The van der Waals surface area contributed by atoms with Crippen molar-refractivity contribution in [2.45, 2.75) is 104 Å². The summed E-state index contributed by atoms with van der Waals surface area (Å²) in [5.74, 6) is 2.72. The highest BCUT2D eigenvalue weighted by Crippen LogP contribution is 2.67. The van der Waals surface area contributed by atoms with Gasteiger partial charge in [-0.1, -0.05) is 20.3 Å². The fraction of sp³-hybridized carbons (Fsp3) is 0.933. The SMILES string of the molecule is CC(C)(C)OC(=O)N1CC(CCC2CC[C@]3(C)C4CC[C@]5(C)C(=O)CCC5C4[C@H](O)[C@H](CO)C3C2)C1. The number of aliphatic hydroxyl groups is 2. The molecule has 1 amide bonds. The largest absolute Gasteiger partial charge is 0.444 e. The molecule has 1 saturated heterocycles. The quantitative estimate of drug-likeness (QED) is 0.561. The number of amides is 1. The third kappa shape index (κ3) is 4.32. The number of likely N-dealkylation sites (tertiary alicyclic amines) is 1. The molecule has 2 N–H and O–H groups in total. The maximum Gasteiger partial charge on any atom is 0.410 e. The first-order chi connectivity index (χ1) is 16.9. The summed E-state index contributed by atoms with van der Waals surface area (Å²) in [4.78, 5) is 26.8. The van der Waals surface area contributed by atoms with Gasteiger partial charge in [-0.2, -0.15) is 0 Å². The van der Waals surface area contributed by atoms with Crippen molar-refractivity contribution in [1.82, 2.24) is 4.90 Å². The molecule has 0 radical (unpaired) electrons. The number of Topliss-reactive ketones (excluding diaryl/α,β-unsaturated/α-hetero) is 1. The van der Waals surface area contributed by atoms with Crippen molar-refractivity contribution in [2.24, 2.45) is 52.3 Å². The van der Waals surface area contributed by atoms with Gasteiger partial charge in [0.1, 0.15) is 11.4 Å². The lowest BCUT2D eigenvalue weighted by molar-refractivity contribution is -0.201. The van der Waals surface area contributed by atoms with E-state index in [4.69, 9.17) is 4.74 Å². The molecular formula is C30H49NO5. The number of nitrogens with zero attached hydrogens (tertiary/aromatic N) is 1. The molecule has 4 aliphatic carbocycles. The molecule has 0 aromatic carbocycles. The standard InChI is InChI=1S/C30H49NO5/c1-28(2,3)36-27(35)31-15-19(16-31)7-6-18-10-12-29(4)22-11-13-30(5)21(8-9-24(30)33)25(22)26(34)20(17-32)23(29)14-18/h18-23,25-26,32,34H,6-17H2,1-5H3/t18?,20-,21?,22?,23?,25?,26-,29-,30+/m1/s1. The van der Waals surface area contributed by atoms with Gasteiger partial charge in [-0.25, -0.2) is 4.79 Å². The highest BCUT2D eigenvalue weighted by atomic mass is 16.6. The molecule has 6 nitrogen and oxygen atoms in total. The Morgan fingerprint density at radius 2 is 1.72 bits per heavy atom. The van der Waals surface area contributed by atoms with E-state index in [1.165, 1.54) is 12.8 Å². The number of hydrogen-bond donors (Lipinski definition) is 2. The Morgan fingerprint density at radius 1 is 1.03 bits per heavy atom. The summed E-state index contributed by atoms with van der Waals surface area (Å²) in [6.45, 7) is 12.0. The van der Waals surface area contributed by atoms with Crippen LogP contribution in [0.25, 0.3) is 0 Å². The van der Waals surface area contributed by atoms with Crippen LogP contribution >= 0.6 is 0 Å². The number of ether oxygens (including phenoxy) is 1. The summed E-state index contributed by atoms with van der Waals surface area (Å²) in [6, 6.07) is 0. The van der Waals surface area contributed by atoms with Crippen molar-refractivity contribution in [3.8, 4) is 0 Å². The summed E-state index contributed by atoms with van der Waals surface area (Å²) in [7, 11) is 0. The van der Waals surface area contributed by atoms with Crippen LogP contribution in [0.5, 0.6) is 0 Å². The fourth-order valence-corrected chi connectivity index (χ4v) is 9.50. The van der Waals surface area contributed by atoms with Crippen LogP contribution in [0.15, 0.2) is 0 Å². The minimum atomic E-state index is -0.499. The number of ketones is 1. The molecular weight excluding hydrogens is 454 g/mol. The first kappa shape index (κ1) is 26.5. The van der Waals surface area contributed by atoms with Crippen molar-refractivity contribution in [3.63, 3.8) is 0 Å². The minimum absolute atomic E-state index is 0.0439. The monoisotopic (exact) mass is 503 g/mol. The average Bonchev–Trinajstić information content (AvgIpc) is 3.07. The zero-order chi connectivity index (χ0) is 26.0. The first-order valence-corrected chi connectivity index (χ1v) is 14.7. The lowest BCUT2D eigenvalue weighted by Gasteiger charge is -2.64. The fourth-order valence-electron chi connectivity index (χ4n) is 9.50. The minimum Gasteiger partial charge on any atom is -0.444 e. The average molecular weight is 504 g/mol. The molecule has 5 fully saturated rings. The topological polar surface area (TPSA) is 87.1 Å². The van der Waals surface area contributed by atoms with E-state index < -0.39 is 11.7 Å². The second kappa shape index (κ2) is 9.25. The molecule has 5 rings (SSSR count). The second-order valence-corrected chi connectivity index (χ2v) is 14.6. The van der Waals surface area contributed by atoms with Crippen LogP contribution in [0.3, 0.4) is 0 Å². The molecule has 36 heavy (non-hydrogen) atoms. The van der Waals surface area contributed by atoms with Crippen molar-refractivity contribution in [1.29, 1.82) is 0 Å². The van der Waals surface area contributed by atoms with E-state index in [1.54, 1.807) is 0 Å². The van der Waals surface area contributed by atoms with Gasteiger partial charge in [0.05, 0.1) is 6.10 Å². The van der Waals surface area contributed by atoms with Gasteiger partial charge in [-0.3, -0.25) is 4.79 Å². The zero-order valence-corrected chi connectivity index (χ0v) is 23.2. The van der Waals surface area contributed by atoms with Crippen molar-refractivity contribution < 1.29 is 24.5 Å². The summed E-state index contributed by atoms with van der Waals surface area (Å²) in [5.41, 5.74) is -0.572. The molecule has 4 saturated carbocycles. The zero-order valence-electron chi connectivity index (χ0n) is 23.2. The second-order valence-electron chi connectivity index (χ2n) is 14.6. The summed E-state index contributed by atoms with van der Waals surface area (Å²) < 4.78 is 5.49. The van der Waals surface area contributed by atoms with Gasteiger partial charge in [0, 0.05) is 37.5 Å². The molecule has 9 atom stereocenters. The Kier molecular flexibility index (Phi) is 6.80. The molecule has 5 aliphatic rings. The molecule has 5 unspecified atom stereocenters. The van der Waals surface area contributed by atoms with E-state index in [1.807, 2.05) is 25.7 Å². The Labute approximate surface area is 217 Å². The highest BCUT2D eigenvalue weighted by Gasteiger charge is 2.64. The Hall–Kier alpha value is -1.14. The third-order valence-electron chi connectivity index (χ3n) is 11.6. The molecule has 1 aliphatic heterocycles. The Morgan fingerprint density at radius 3 is 2.39 bits per heavy atom. The predicted molar refractivity (Wildman–Crippen MR) is 138 cm³/mol. The first-order valence-electron chi connectivity index (χ1n) is 14.7. The lowest BCUT2D eigenvalue weighted by Crippen LogP contribution is -2.62. The van der Waals surface area contributed by atoms with E-state index in [9.17, 15) is 19.8 Å². The van der Waals surface area contributed by atoms with Crippen LogP contribution in [0, 0.1) is 52.3 Å². The Bertz CT molecular complexity index is 862. The van der Waals surface area contributed by atoms with Crippen molar-refractivity contribution >= 4 is 11.9 Å². The summed E-state index contributed by atoms with van der Waals surface area (Å²) in [6.07, 6.45) is 8.65. The van der Waals surface area contributed by atoms with Gasteiger partial charge in [0.2, 0.25) is 0 Å². The van der Waals surface area contributed by atoms with E-state index in [2.05, 4.69) is 13.8 Å². The number of carbonyl (C=O) groups is 2. The predicted octanol–water partition coefficient (Wildman–Crippen LogP) is 5.05. The van der Waals surface area contributed by atoms with E-state index >= 15 is 0 Å². The maximum absolute atomic E-state index is 12.8. The third-order valence-corrected chi connectivity index (χ3v) is 11.6. The van der Waals surface area contributed by atoms with Crippen LogP contribution in [0.1, 0.15) is 92.4 Å². The molecule has 204 valence electrons. The van der Waals surface area contributed by atoms with E-state index in [0.717, 1.165) is 51.6 Å². The molecule has 0 spiro atoms. The lowest BCUT2D eigenvalue weighted by atomic mass is 9.41. The van der Waals surface area contributed by atoms with Gasteiger partial charge in [-0.15, -0.1) is 0 Å². The highest BCUT2D eigenvalue weighted by molar-refractivity contribution is 5.87. The van der Waals surface area contributed by atoms with Gasteiger partial charge >= 0.3 is 6.09 Å². The van der Waals surface area contributed by atoms with E-state index in [0.29, 0.717) is 35.9 Å². The van der Waals surface area contributed by atoms with Crippen LogP contribution in [0.4, 0.5) is 4.79 Å². The number of carbonyl (C=O) groups excluding carboxylic acids is 2. The molecule has 0 bridgehead atoms. The molecule has 0 aromatic rings. The Balaban J connectivity index is 1.21. The number of aliphatic hydroxyl groups excluding tert-OH is 2. The summed E-state index contributed by atoms with van der Waals surface area (Å²) in [5, 5.41) is 22.2. The molecule has 1 heterocycles. The molecule has 0 aromatic heterocycles. The number of fused-ring (bicyclic) bond motifs is 5. The smallest absolute Gasteiger partial charge is 0.410 e. The van der Waals surface area contributed by atoms with Crippen LogP contribution in [0.2, 0.25) is 0 Å². The maximum atomic E-state index is 12.8. The van der Waals surface area contributed by atoms with Gasteiger partial charge in [-0.05, 0) is 107 Å². The van der Waals surface area contributed by atoms with Gasteiger partial charge < -0.3 is 19.8 Å².